The normalized spacial score (nSPS) is 11.2. The third kappa shape index (κ3) is 4.28. The Morgan fingerprint density at radius 2 is 2.05 bits per heavy atom. The van der Waals surface area contributed by atoms with E-state index in [9.17, 15) is 4.79 Å². The fraction of sp³-hybridized carbons (Fsp3) is 0.400. The molecule has 0 heterocycles. The van der Waals surface area contributed by atoms with Crippen LogP contribution in [0.1, 0.15) is 32.3 Å². The summed E-state index contributed by atoms with van der Waals surface area (Å²) in [4.78, 5) is 12.7. The summed E-state index contributed by atoms with van der Waals surface area (Å²) in [5, 5.41) is 9.17. The molecule has 1 aromatic rings. The molecule has 0 aromatic heterocycles. The van der Waals surface area contributed by atoms with Gasteiger partial charge in [-0.1, -0.05) is 31.5 Å². The minimum Gasteiger partial charge on any atom is -0.478 e. The number of hydrogen-bond acceptors (Lipinski definition) is 2. The van der Waals surface area contributed by atoms with Gasteiger partial charge in [0.1, 0.15) is 0 Å². The van der Waals surface area contributed by atoms with Crippen LogP contribution in [0.25, 0.3) is 6.08 Å². The van der Waals surface area contributed by atoms with Crippen LogP contribution in [0.5, 0.6) is 0 Å². The summed E-state index contributed by atoms with van der Waals surface area (Å²) in [6.45, 7) is 4.33. The smallest absolute Gasteiger partial charge is 0.328 e. The van der Waals surface area contributed by atoms with Crippen LogP contribution in [-0.2, 0) is 4.79 Å². The molecule has 0 spiro atoms. The second-order valence-corrected chi connectivity index (χ2v) is 4.87. The first kappa shape index (κ1) is 15.6. The van der Waals surface area contributed by atoms with Crippen molar-refractivity contribution in [3.63, 3.8) is 0 Å². The molecular formula is C15H20ClNO2. The van der Waals surface area contributed by atoms with Crippen molar-refractivity contribution in [3.05, 3.63) is 34.9 Å². The summed E-state index contributed by atoms with van der Waals surface area (Å²) in [6, 6.07) is 6.17. The van der Waals surface area contributed by atoms with Crippen LogP contribution in [0.3, 0.4) is 0 Å². The summed E-state index contributed by atoms with van der Waals surface area (Å²) in [5.74, 6) is -0.978. The SMILES string of the molecule is CCC(CC)N(C)c1ccc(/C=C/C(=O)O)c(Cl)c1. The van der Waals surface area contributed by atoms with E-state index in [-0.39, 0.29) is 0 Å². The molecule has 0 saturated heterocycles. The molecule has 104 valence electrons. The van der Waals surface area contributed by atoms with Crippen molar-refractivity contribution in [3.8, 4) is 0 Å². The molecule has 0 aliphatic carbocycles. The Labute approximate surface area is 119 Å². The zero-order chi connectivity index (χ0) is 14.4. The number of aliphatic carboxylic acids is 1. The van der Waals surface area contributed by atoms with E-state index in [1.165, 1.54) is 6.08 Å². The van der Waals surface area contributed by atoms with Crippen molar-refractivity contribution in [2.75, 3.05) is 11.9 Å². The number of benzene rings is 1. The first-order chi connectivity index (χ1) is 8.99. The molecule has 3 nitrogen and oxygen atoms in total. The molecule has 0 amide bonds. The first-order valence-corrected chi connectivity index (χ1v) is 6.80. The van der Waals surface area contributed by atoms with E-state index in [4.69, 9.17) is 16.7 Å². The quantitative estimate of drug-likeness (QED) is 0.799. The number of hydrogen-bond donors (Lipinski definition) is 1. The van der Waals surface area contributed by atoms with E-state index in [1.54, 1.807) is 0 Å². The van der Waals surface area contributed by atoms with Crippen LogP contribution < -0.4 is 4.90 Å². The molecule has 0 unspecified atom stereocenters. The Balaban J connectivity index is 2.96. The van der Waals surface area contributed by atoms with Crippen LogP contribution in [0.15, 0.2) is 24.3 Å². The van der Waals surface area contributed by atoms with Gasteiger partial charge < -0.3 is 10.0 Å². The third-order valence-electron chi connectivity index (χ3n) is 3.29. The molecule has 4 heteroatoms. The maximum absolute atomic E-state index is 10.5. The summed E-state index contributed by atoms with van der Waals surface area (Å²) in [5.41, 5.74) is 1.76. The predicted molar refractivity (Wildman–Crippen MR) is 80.9 cm³/mol. The van der Waals surface area contributed by atoms with E-state index in [0.717, 1.165) is 24.6 Å². The average Bonchev–Trinajstić information content (AvgIpc) is 2.38. The van der Waals surface area contributed by atoms with Gasteiger partial charge in [-0.25, -0.2) is 4.79 Å². The number of rotatable bonds is 6. The molecule has 0 bridgehead atoms. The lowest BCUT2D eigenvalue weighted by Gasteiger charge is -2.28. The monoisotopic (exact) mass is 281 g/mol. The molecular weight excluding hydrogens is 262 g/mol. The van der Waals surface area contributed by atoms with Crippen molar-refractivity contribution in [2.45, 2.75) is 32.7 Å². The molecule has 1 N–H and O–H groups in total. The molecule has 1 aromatic carbocycles. The Bertz CT molecular complexity index is 467. The van der Waals surface area contributed by atoms with Gasteiger partial charge in [0.15, 0.2) is 0 Å². The highest BCUT2D eigenvalue weighted by Crippen LogP contribution is 2.26. The van der Waals surface area contributed by atoms with Gasteiger partial charge in [-0.3, -0.25) is 0 Å². The van der Waals surface area contributed by atoms with Gasteiger partial charge in [0.25, 0.3) is 0 Å². The Morgan fingerprint density at radius 3 is 2.53 bits per heavy atom. The molecule has 0 aliphatic heterocycles. The average molecular weight is 282 g/mol. The summed E-state index contributed by atoms with van der Waals surface area (Å²) >= 11 is 6.18. The van der Waals surface area contributed by atoms with Crippen molar-refractivity contribution < 1.29 is 9.90 Å². The third-order valence-corrected chi connectivity index (χ3v) is 3.61. The molecule has 19 heavy (non-hydrogen) atoms. The van der Waals surface area contributed by atoms with Crippen LogP contribution in [0.2, 0.25) is 5.02 Å². The summed E-state index contributed by atoms with van der Waals surface area (Å²) in [6.07, 6.45) is 4.74. The number of carboxylic acid groups (broad SMARTS) is 1. The highest BCUT2D eigenvalue weighted by atomic mass is 35.5. The van der Waals surface area contributed by atoms with E-state index in [1.807, 2.05) is 18.2 Å². The van der Waals surface area contributed by atoms with E-state index < -0.39 is 5.97 Å². The lowest BCUT2D eigenvalue weighted by Crippen LogP contribution is -2.30. The highest BCUT2D eigenvalue weighted by molar-refractivity contribution is 6.32. The second kappa shape index (κ2) is 7.19. The number of carboxylic acids is 1. The minimum absolute atomic E-state index is 0.483. The van der Waals surface area contributed by atoms with Gasteiger partial charge in [-0.05, 0) is 36.6 Å². The van der Waals surface area contributed by atoms with E-state index in [0.29, 0.717) is 16.6 Å². The molecule has 0 fully saturated rings. The topological polar surface area (TPSA) is 40.5 Å². The van der Waals surface area contributed by atoms with Crippen LogP contribution in [-0.4, -0.2) is 24.2 Å². The molecule has 0 saturated carbocycles. The van der Waals surface area contributed by atoms with Gasteiger partial charge in [0, 0.05) is 29.9 Å². The molecule has 1 rings (SSSR count). The first-order valence-electron chi connectivity index (χ1n) is 6.43. The molecule has 0 radical (unpaired) electrons. The van der Waals surface area contributed by atoms with Gasteiger partial charge in [-0.15, -0.1) is 0 Å². The van der Waals surface area contributed by atoms with Crippen molar-refractivity contribution >= 4 is 29.3 Å². The maximum atomic E-state index is 10.5. The zero-order valence-electron chi connectivity index (χ0n) is 11.6. The van der Waals surface area contributed by atoms with Crippen LogP contribution >= 0.6 is 11.6 Å². The Kier molecular flexibility index (Phi) is 5.90. The molecule has 0 aliphatic rings. The fourth-order valence-electron chi connectivity index (χ4n) is 2.08. The second-order valence-electron chi connectivity index (χ2n) is 4.46. The van der Waals surface area contributed by atoms with Gasteiger partial charge in [-0.2, -0.15) is 0 Å². The van der Waals surface area contributed by atoms with Crippen molar-refractivity contribution in [2.24, 2.45) is 0 Å². The lowest BCUT2D eigenvalue weighted by molar-refractivity contribution is -0.131. The number of carbonyl (C=O) groups is 1. The Hall–Kier alpha value is -1.48. The molecule has 0 atom stereocenters. The number of anilines is 1. The van der Waals surface area contributed by atoms with Gasteiger partial charge in [0.2, 0.25) is 0 Å². The number of nitrogens with zero attached hydrogens (tertiary/aromatic N) is 1. The highest BCUT2D eigenvalue weighted by Gasteiger charge is 2.12. The van der Waals surface area contributed by atoms with Gasteiger partial charge in [0.05, 0.1) is 0 Å². The zero-order valence-corrected chi connectivity index (χ0v) is 12.3. The largest absolute Gasteiger partial charge is 0.478 e. The van der Waals surface area contributed by atoms with Crippen molar-refractivity contribution in [1.82, 2.24) is 0 Å². The van der Waals surface area contributed by atoms with E-state index >= 15 is 0 Å². The summed E-state index contributed by atoms with van der Waals surface area (Å²) in [7, 11) is 2.05. The predicted octanol–water partition coefficient (Wildman–Crippen LogP) is 4.06. The van der Waals surface area contributed by atoms with Crippen molar-refractivity contribution in [1.29, 1.82) is 0 Å². The van der Waals surface area contributed by atoms with E-state index in [2.05, 4.69) is 25.8 Å². The number of halogens is 1. The standard InChI is InChI=1S/C15H20ClNO2/c1-4-12(5-2)17(3)13-8-6-11(14(16)10-13)7-9-15(18)19/h6-10,12H,4-5H2,1-3H3,(H,18,19)/b9-7+. The minimum atomic E-state index is -0.978. The lowest BCUT2D eigenvalue weighted by atomic mass is 10.1. The fourth-order valence-corrected chi connectivity index (χ4v) is 2.32. The maximum Gasteiger partial charge on any atom is 0.328 e. The van der Waals surface area contributed by atoms with Crippen LogP contribution in [0.4, 0.5) is 5.69 Å². The summed E-state index contributed by atoms with van der Waals surface area (Å²) < 4.78 is 0. The Morgan fingerprint density at radius 1 is 1.42 bits per heavy atom. The van der Waals surface area contributed by atoms with Crippen LogP contribution in [0, 0.1) is 0 Å². The van der Waals surface area contributed by atoms with Gasteiger partial charge >= 0.3 is 5.97 Å².